The van der Waals surface area contributed by atoms with Gasteiger partial charge in [0.15, 0.2) is 0 Å². The maximum absolute atomic E-state index is 10.4. The molecule has 84 valence electrons. The lowest BCUT2D eigenvalue weighted by atomic mass is 10.4. The second kappa shape index (κ2) is 11.9. The summed E-state index contributed by atoms with van der Waals surface area (Å²) in [6.45, 7) is 6.50. The van der Waals surface area contributed by atoms with Crippen LogP contribution in [0.2, 0.25) is 0 Å². The number of unbranched alkanes of at least 4 members (excludes halogenated alkanes) is 1. The van der Waals surface area contributed by atoms with Gasteiger partial charge in [-0.1, -0.05) is 33.6 Å². The van der Waals surface area contributed by atoms with Crippen LogP contribution in [0.4, 0.5) is 0 Å². The zero-order chi connectivity index (χ0) is 11.4. The summed E-state index contributed by atoms with van der Waals surface area (Å²) < 4.78 is 4.48. The summed E-state index contributed by atoms with van der Waals surface area (Å²) in [4.78, 5) is 20.3. The quantitative estimate of drug-likeness (QED) is 0.551. The van der Waals surface area contributed by atoms with Gasteiger partial charge in [-0.2, -0.15) is 0 Å². The Hall–Kier alpha value is -1.06. The van der Waals surface area contributed by atoms with Crippen molar-refractivity contribution in [1.82, 2.24) is 0 Å². The Morgan fingerprint density at radius 2 is 1.57 bits per heavy atom. The molecule has 0 spiro atoms. The standard InChI is InChI=1S/C6H10O4.C4H10/c1-2-3-10-6(9)4-5(7)8;1-3-4-2/h2-4H2,1H3,(H,7,8);3-4H2,1-2H3. The number of hydrogen-bond donors (Lipinski definition) is 1. The van der Waals surface area contributed by atoms with Crippen molar-refractivity contribution in [2.24, 2.45) is 0 Å². The van der Waals surface area contributed by atoms with Crippen LogP contribution in [-0.2, 0) is 14.3 Å². The molecule has 0 aromatic carbocycles. The van der Waals surface area contributed by atoms with Gasteiger partial charge in [-0.3, -0.25) is 9.59 Å². The lowest BCUT2D eigenvalue weighted by molar-refractivity contribution is -0.151. The predicted molar refractivity (Wildman–Crippen MR) is 54.1 cm³/mol. The van der Waals surface area contributed by atoms with Crippen molar-refractivity contribution in [1.29, 1.82) is 0 Å². The lowest BCUT2D eigenvalue weighted by Gasteiger charge is -1.98. The SMILES string of the molecule is CCCC.CCCOC(=O)CC(=O)O. The van der Waals surface area contributed by atoms with Crippen molar-refractivity contribution >= 4 is 11.9 Å². The first-order valence-corrected chi connectivity index (χ1v) is 4.95. The zero-order valence-electron chi connectivity index (χ0n) is 9.21. The summed E-state index contributed by atoms with van der Waals surface area (Å²) in [5.74, 6) is -1.82. The van der Waals surface area contributed by atoms with Crippen molar-refractivity contribution in [2.45, 2.75) is 46.5 Å². The third-order valence-corrected chi connectivity index (χ3v) is 1.26. The Kier molecular flexibility index (Phi) is 13.1. The van der Waals surface area contributed by atoms with E-state index in [9.17, 15) is 9.59 Å². The minimum atomic E-state index is -1.15. The largest absolute Gasteiger partial charge is 0.481 e. The highest BCUT2D eigenvalue weighted by molar-refractivity contribution is 5.90. The molecule has 0 aliphatic heterocycles. The number of carbonyl (C=O) groups excluding carboxylic acids is 1. The average Bonchev–Trinajstić information content (AvgIpc) is 2.14. The van der Waals surface area contributed by atoms with Gasteiger partial charge in [-0.15, -0.1) is 0 Å². The van der Waals surface area contributed by atoms with E-state index in [-0.39, 0.29) is 0 Å². The number of aliphatic carboxylic acids is 1. The second-order valence-electron chi connectivity index (χ2n) is 2.79. The van der Waals surface area contributed by atoms with Gasteiger partial charge in [0.05, 0.1) is 6.61 Å². The summed E-state index contributed by atoms with van der Waals surface area (Å²) in [6, 6.07) is 0. The maximum atomic E-state index is 10.4. The molecule has 0 heterocycles. The fourth-order valence-electron chi connectivity index (χ4n) is 0.390. The van der Waals surface area contributed by atoms with Crippen LogP contribution >= 0.6 is 0 Å². The first kappa shape index (κ1) is 15.4. The van der Waals surface area contributed by atoms with Gasteiger partial charge in [0, 0.05) is 0 Å². The third-order valence-electron chi connectivity index (χ3n) is 1.26. The van der Waals surface area contributed by atoms with Gasteiger partial charge < -0.3 is 9.84 Å². The van der Waals surface area contributed by atoms with E-state index < -0.39 is 18.4 Å². The van der Waals surface area contributed by atoms with Crippen LogP contribution in [0.15, 0.2) is 0 Å². The van der Waals surface area contributed by atoms with E-state index in [0.717, 1.165) is 0 Å². The van der Waals surface area contributed by atoms with E-state index in [0.29, 0.717) is 13.0 Å². The number of rotatable bonds is 5. The molecule has 4 heteroatoms. The predicted octanol–water partition coefficient (Wildman–Crippen LogP) is 2.22. The monoisotopic (exact) mass is 204 g/mol. The van der Waals surface area contributed by atoms with Gasteiger partial charge in [-0.05, 0) is 6.42 Å². The zero-order valence-corrected chi connectivity index (χ0v) is 9.21. The lowest BCUT2D eigenvalue weighted by Crippen LogP contribution is -2.10. The molecule has 0 bridgehead atoms. The van der Waals surface area contributed by atoms with E-state index in [4.69, 9.17) is 5.11 Å². The molecule has 14 heavy (non-hydrogen) atoms. The summed E-state index contributed by atoms with van der Waals surface area (Å²) in [5, 5.41) is 8.08. The van der Waals surface area contributed by atoms with Crippen molar-refractivity contribution in [3.63, 3.8) is 0 Å². The van der Waals surface area contributed by atoms with Gasteiger partial charge in [0.1, 0.15) is 6.42 Å². The van der Waals surface area contributed by atoms with Crippen LogP contribution in [0.3, 0.4) is 0 Å². The topological polar surface area (TPSA) is 63.6 Å². The Morgan fingerprint density at radius 3 is 1.86 bits per heavy atom. The molecule has 0 radical (unpaired) electrons. The summed E-state index contributed by atoms with van der Waals surface area (Å²) in [7, 11) is 0. The number of hydrogen-bond acceptors (Lipinski definition) is 3. The molecule has 1 N–H and O–H groups in total. The van der Waals surface area contributed by atoms with Crippen LogP contribution in [0.5, 0.6) is 0 Å². The normalized spacial score (nSPS) is 8.50. The summed E-state index contributed by atoms with van der Waals surface area (Å²) >= 11 is 0. The molecule has 0 aliphatic rings. The smallest absolute Gasteiger partial charge is 0.317 e. The number of ether oxygens (including phenoxy) is 1. The Bertz CT molecular complexity index is 152. The number of carboxylic acids is 1. The molecule has 0 amide bonds. The molecule has 0 unspecified atom stereocenters. The first-order valence-electron chi connectivity index (χ1n) is 4.95. The van der Waals surface area contributed by atoms with E-state index in [1.165, 1.54) is 12.8 Å². The summed E-state index contributed by atoms with van der Waals surface area (Å²) in [6.07, 6.45) is 2.81. The molecule has 0 saturated heterocycles. The number of carbonyl (C=O) groups is 2. The van der Waals surface area contributed by atoms with Gasteiger partial charge >= 0.3 is 11.9 Å². The van der Waals surface area contributed by atoms with Crippen molar-refractivity contribution in [2.75, 3.05) is 6.61 Å². The highest BCUT2D eigenvalue weighted by Crippen LogP contribution is 1.87. The Labute approximate surface area is 85.3 Å². The molecule has 0 aliphatic carbocycles. The van der Waals surface area contributed by atoms with E-state index >= 15 is 0 Å². The molecule has 0 aromatic heterocycles. The van der Waals surface area contributed by atoms with Crippen LogP contribution < -0.4 is 0 Å². The van der Waals surface area contributed by atoms with Crippen LogP contribution in [-0.4, -0.2) is 23.7 Å². The fraction of sp³-hybridized carbons (Fsp3) is 0.800. The average molecular weight is 204 g/mol. The van der Waals surface area contributed by atoms with Gasteiger partial charge in [-0.25, -0.2) is 0 Å². The Balaban J connectivity index is 0. The fourth-order valence-corrected chi connectivity index (χ4v) is 0.390. The summed E-state index contributed by atoms with van der Waals surface area (Å²) in [5.41, 5.74) is 0. The molecular weight excluding hydrogens is 184 g/mol. The highest BCUT2D eigenvalue weighted by Gasteiger charge is 2.06. The van der Waals surface area contributed by atoms with E-state index in [1.807, 2.05) is 6.92 Å². The second-order valence-corrected chi connectivity index (χ2v) is 2.79. The molecule has 0 aromatic rings. The minimum Gasteiger partial charge on any atom is -0.481 e. The van der Waals surface area contributed by atoms with Crippen molar-refractivity contribution < 1.29 is 19.4 Å². The van der Waals surface area contributed by atoms with Crippen LogP contribution in [0, 0.1) is 0 Å². The van der Waals surface area contributed by atoms with Crippen LogP contribution in [0.25, 0.3) is 0 Å². The molecule has 0 rings (SSSR count). The molecule has 0 saturated carbocycles. The Morgan fingerprint density at radius 1 is 1.07 bits per heavy atom. The van der Waals surface area contributed by atoms with Crippen molar-refractivity contribution in [3.8, 4) is 0 Å². The third kappa shape index (κ3) is 17.1. The van der Waals surface area contributed by atoms with Gasteiger partial charge in [0.25, 0.3) is 0 Å². The van der Waals surface area contributed by atoms with E-state index in [2.05, 4.69) is 18.6 Å². The highest BCUT2D eigenvalue weighted by atomic mass is 16.5. The van der Waals surface area contributed by atoms with Crippen molar-refractivity contribution in [3.05, 3.63) is 0 Å². The molecular formula is C10H20O4. The van der Waals surface area contributed by atoms with Gasteiger partial charge in [0.2, 0.25) is 0 Å². The number of esters is 1. The number of carboxylic acid groups (broad SMARTS) is 1. The molecule has 0 atom stereocenters. The minimum absolute atomic E-state index is 0.298. The first-order chi connectivity index (χ1) is 6.58. The molecule has 0 fully saturated rings. The maximum Gasteiger partial charge on any atom is 0.317 e. The van der Waals surface area contributed by atoms with E-state index in [1.54, 1.807) is 0 Å². The molecule has 4 nitrogen and oxygen atoms in total. The van der Waals surface area contributed by atoms with Crippen LogP contribution in [0.1, 0.15) is 46.5 Å².